The molecule has 2 rings (SSSR count). The first-order chi connectivity index (χ1) is 8.61. The summed E-state index contributed by atoms with van der Waals surface area (Å²) in [5.41, 5.74) is 3.96. The summed E-state index contributed by atoms with van der Waals surface area (Å²) in [6.45, 7) is 3.02. The van der Waals surface area contributed by atoms with Crippen LogP contribution in [0.15, 0.2) is 22.7 Å². The van der Waals surface area contributed by atoms with Gasteiger partial charge in [0.1, 0.15) is 0 Å². The van der Waals surface area contributed by atoms with Crippen LogP contribution in [0.5, 0.6) is 0 Å². The molecule has 1 aliphatic heterocycles. The molecule has 1 heterocycles. The average molecular weight is 334 g/mol. The van der Waals surface area contributed by atoms with Gasteiger partial charge in [0.25, 0.3) is 0 Å². The number of nitrogens with one attached hydrogen (secondary N) is 1. The van der Waals surface area contributed by atoms with Crippen molar-refractivity contribution in [3.05, 3.63) is 33.3 Å². The van der Waals surface area contributed by atoms with E-state index in [4.69, 9.17) is 22.2 Å². The van der Waals surface area contributed by atoms with Crippen molar-refractivity contribution in [2.45, 2.75) is 31.9 Å². The number of hydrogen-bond donors (Lipinski definition) is 2. The zero-order chi connectivity index (χ0) is 13.1. The average Bonchev–Trinajstić information content (AvgIpc) is 2.75. The van der Waals surface area contributed by atoms with Crippen LogP contribution in [0.4, 0.5) is 0 Å². The second kappa shape index (κ2) is 6.35. The predicted octanol–water partition coefficient (Wildman–Crippen LogP) is 2.90. The quantitative estimate of drug-likeness (QED) is 0.658. The van der Waals surface area contributed by atoms with E-state index in [-0.39, 0.29) is 12.1 Å². The lowest BCUT2D eigenvalue weighted by atomic mass is 9.93. The molecule has 3 N–H and O–H groups in total. The van der Waals surface area contributed by atoms with Crippen molar-refractivity contribution in [3.63, 3.8) is 0 Å². The van der Waals surface area contributed by atoms with Crippen molar-refractivity contribution in [3.8, 4) is 0 Å². The molecule has 0 amide bonds. The van der Waals surface area contributed by atoms with Gasteiger partial charge in [-0.1, -0.05) is 40.5 Å². The third kappa shape index (κ3) is 3.25. The second-order valence-corrected chi connectivity index (χ2v) is 6.14. The van der Waals surface area contributed by atoms with Crippen LogP contribution in [-0.4, -0.2) is 18.8 Å². The fourth-order valence-corrected chi connectivity index (χ4v) is 3.18. The summed E-state index contributed by atoms with van der Waals surface area (Å²) in [5.74, 6) is 6.19. The molecule has 5 heteroatoms. The van der Waals surface area contributed by atoms with Gasteiger partial charge in [-0.3, -0.25) is 11.3 Å². The van der Waals surface area contributed by atoms with E-state index in [9.17, 15) is 0 Å². The molecule has 100 valence electrons. The largest absolute Gasteiger partial charge is 0.376 e. The standard InChI is InChI=1S/C13H18BrClN2O/c1-8-4-5-18-13(8)12(17-16)6-9-2-3-10(14)7-11(9)15/h2-3,7-8,12-13,17H,4-6,16H2,1H3. The molecule has 0 bridgehead atoms. The number of halogens is 2. The minimum absolute atomic E-state index is 0.0983. The molecule has 0 saturated carbocycles. The van der Waals surface area contributed by atoms with Crippen LogP contribution in [0.2, 0.25) is 5.02 Å². The normalized spacial score (nSPS) is 25.3. The summed E-state index contributed by atoms with van der Waals surface area (Å²) in [5, 5.41) is 0.760. The van der Waals surface area contributed by atoms with Crippen molar-refractivity contribution in [1.82, 2.24) is 5.43 Å². The SMILES string of the molecule is CC1CCOC1C(Cc1ccc(Br)cc1Cl)NN. The van der Waals surface area contributed by atoms with Crippen LogP contribution in [0.1, 0.15) is 18.9 Å². The van der Waals surface area contributed by atoms with Crippen molar-refractivity contribution < 1.29 is 4.74 Å². The van der Waals surface area contributed by atoms with Gasteiger partial charge in [0.05, 0.1) is 12.1 Å². The zero-order valence-electron chi connectivity index (χ0n) is 10.3. The van der Waals surface area contributed by atoms with E-state index in [1.807, 2.05) is 18.2 Å². The Morgan fingerprint density at radius 3 is 2.94 bits per heavy atom. The van der Waals surface area contributed by atoms with Gasteiger partial charge >= 0.3 is 0 Å². The van der Waals surface area contributed by atoms with E-state index in [0.717, 1.165) is 34.5 Å². The number of hydrazine groups is 1. The fraction of sp³-hybridized carbons (Fsp3) is 0.538. The lowest BCUT2D eigenvalue weighted by Crippen LogP contribution is -2.47. The molecule has 1 aromatic carbocycles. The molecule has 18 heavy (non-hydrogen) atoms. The molecule has 1 saturated heterocycles. The van der Waals surface area contributed by atoms with Crippen molar-refractivity contribution >= 4 is 27.5 Å². The molecule has 1 aromatic rings. The molecule has 0 aromatic heterocycles. The second-order valence-electron chi connectivity index (χ2n) is 4.81. The van der Waals surface area contributed by atoms with E-state index >= 15 is 0 Å². The fourth-order valence-electron chi connectivity index (χ4n) is 2.43. The first-order valence-corrected chi connectivity index (χ1v) is 7.30. The molecule has 1 aliphatic rings. The highest BCUT2D eigenvalue weighted by Gasteiger charge is 2.31. The highest BCUT2D eigenvalue weighted by molar-refractivity contribution is 9.10. The Bertz CT molecular complexity index is 416. The highest BCUT2D eigenvalue weighted by Crippen LogP contribution is 2.27. The van der Waals surface area contributed by atoms with Gasteiger partial charge in [-0.15, -0.1) is 0 Å². The van der Waals surface area contributed by atoms with Crippen LogP contribution in [0, 0.1) is 5.92 Å². The molecule has 3 nitrogen and oxygen atoms in total. The van der Waals surface area contributed by atoms with Gasteiger partial charge in [0, 0.05) is 16.1 Å². The highest BCUT2D eigenvalue weighted by atomic mass is 79.9. The molecule has 0 radical (unpaired) electrons. The minimum Gasteiger partial charge on any atom is -0.376 e. The summed E-state index contributed by atoms with van der Waals surface area (Å²) in [6, 6.07) is 6.02. The maximum Gasteiger partial charge on any atom is 0.0771 e. The van der Waals surface area contributed by atoms with Crippen LogP contribution in [0.3, 0.4) is 0 Å². The summed E-state index contributed by atoms with van der Waals surface area (Å²) in [7, 11) is 0. The smallest absolute Gasteiger partial charge is 0.0771 e. The number of benzene rings is 1. The number of ether oxygens (including phenoxy) is 1. The van der Waals surface area contributed by atoms with E-state index < -0.39 is 0 Å². The van der Waals surface area contributed by atoms with Crippen LogP contribution in [-0.2, 0) is 11.2 Å². The maximum absolute atomic E-state index is 6.23. The Morgan fingerprint density at radius 1 is 1.61 bits per heavy atom. The van der Waals surface area contributed by atoms with Crippen molar-refractivity contribution in [1.29, 1.82) is 0 Å². The van der Waals surface area contributed by atoms with Crippen molar-refractivity contribution in [2.75, 3.05) is 6.61 Å². The first-order valence-electron chi connectivity index (χ1n) is 6.13. The van der Waals surface area contributed by atoms with Gasteiger partial charge in [-0.25, -0.2) is 0 Å². The summed E-state index contributed by atoms with van der Waals surface area (Å²) >= 11 is 9.64. The monoisotopic (exact) mass is 332 g/mol. The Balaban J connectivity index is 2.10. The molecule has 0 spiro atoms. The van der Waals surface area contributed by atoms with E-state index in [0.29, 0.717) is 5.92 Å². The predicted molar refractivity (Wildman–Crippen MR) is 77.5 cm³/mol. The Hall–Kier alpha value is -0.130. The van der Waals surface area contributed by atoms with E-state index in [2.05, 4.69) is 28.3 Å². The van der Waals surface area contributed by atoms with E-state index in [1.54, 1.807) is 0 Å². The Morgan fingerprint density at radius 2 is 2.39 bits per heavy atom. The molecule has 0 aliphatic carbocycles. The summed E-state index contributed by atoms with van der Waals surface area (Å²) in [6.07, 6.45) is 2.03. The van der Waals surface area contributed by atoms with Crippen LogP contribution < -0.4 is 11.3 Å². The number of rotatable bonds is 4. The van der Waals surface area contributed by atoms with Gasteiger partial charge in [-0.2, -0.15) is 0 Å². The third-order valence-corrected chi connectivity index (χ3v) is 4.36. The molecule has 1 fully saturated rings. The maximum atomic E-state index is 6.23. The molecule has 3 unspecified atom stereocenters. The number of hydrogen-bond acceptors (Lipinski definition) is 3. The lowest BCUT2D eigenvalue weighted by Gasteiger charge is -2.25. The molecular weight excluding hydrogens is 316 g/mol. The van der Waals surface area contributed by atoms with Gasteiger partial charge in [0.15, 0.2) is 0 Å². The van der Waals surface area contributed by atoms with E-state index in [1.165, 1.54) is 0 Å². The van der Waals surface area contributed by atoms with Gasteiger partial charge in [-0.05, 0) is 36.5 Å². The Labute approximate surface area is 121 Å². The lowest BCUT2D eigenvalue weighted by molar-refractivity contribution is 0.0610. The summed E-state index contributed by atoms with van der Waals surface area (Å²) in [4.78, 5) is 0. The van der Waals surface area contributed by atoms with Crippen molar-refractivity contribution in [2.24, 2.45) is 11.8 Å². The first kappa shape index (κ1) is 14.3. The zero-order valence-corrected chi connectivity index (χ0v) is 12.7. The summed E-state index contributed by atoms with van der Waals surface area (Å²) < 4.78 is 6.74. The topological polar surface area (TPSA) is 47.3 Å². The van der Waals surface area contributed by atoms with Crippen LogP contribution >= 0.6 is 27.5 Å². The third-order valence-electron chi connectivity index (χ3n) is 3.51. The van der Waals surface area contributed by atoms with Gasteiger partial charge < -0.3 is 4.74 Å². The van der Waals surface area contributed by atoms with Crippen LogP contribution in [0.25, 0.3) is 0 Å². The number of nitrogens with two attached hydrogens (primary N) is 1. The Kier molecular flexibility index (Phi) is 5.04. The van der Waals surface area contributed by atoms with Gasteiger partial charge in [0.2, 0.25) is 0 Å². The minimum atomic E-state index is 0.0983. The molecule has 3 atom stereocenters. The molecular formula is C13H18BrClN2O.